The van der Waals surface area contributed by atoms with E-state index in [1.165, 1.54) is 56.6 Å². The molecule has 1 N–H and O–H groups in total. The molecule has 114 valence electrons. The molecule has 0 fully saturated rings. The summed E-state index contributed by atoms with van der Waals surface area (Å²) in [6.45, 7) is 11.6. The minimum atomic E-state index is 1.08. The van der Waals surface area contributed by atoms with Crippen molar-refractivity contribution in [2.24, 2.45) is 0 Å². The number of rotatable bonds is 11. The van der Waals surface area contributed by atoms with Crippen molar-refractivity contribution in [2.45, 2.75) is 52.9 Å². The van der Waals surface area contributed by atoms with Gasteiger partial charge >= 0.3 is 0 Å². The standard InChI is InChI=1S/C18H32N2/c1-4-14-20(15-5-2)16-8-7-13-19-18-11-9-17(6-3)10-12-18/h9-12,19H,4-8,13-16H2,1-3H3. The molecule has 1 aromatic carbocycles. The molecule has 0 aliphatic carbocycles. The van der Waals surface area contributed by atoms with Crippen molar-refractivity contribution in [3.05, 3.63) is 29.8 Å². The summed E-state index contributed by atoms with van der Waals surface area (Å²) >= 11 is 0. The predicted molar refractivity (Wildman–Crippen MR) is 90.6 cm³/mol. The van der Waals surface area contributed by atoms with Crippen molar-refractivity contribution in [3.8, 4) is 0 Å². The van der Waals surface area contributed by atoms with Gasteiger partial charge in [0, 0.05) is 12.2 Å². The van der Waals surface area contributed by atoms with Crippen LogP contribution in [0.2, 0.25) is 0 Å². The average Bonchev–Trinajstić information content (AvgIpc) is 2.48. The first kappa shape index (κ1) is 17.0. The molecule has 0 saturated heterocycles. The van der Waals surface area contributed by atoms with Crippen molar-refractivity contribution in [1.29, 1.82) is 0 Å². The molecule has 0 radical (unpaired) electrons. The van der Waals surface area contributed by atoms with Crippen LogP contribution in [-0.2, 0) is 6.42 Å². The fraction of sp³-hybridized carbons (Fsp3) is 0.667. The lowest BCUT2D eigenvalue weighted by Gasteiger charge is -2.20. The van der Waals surface area contributed by atoms with Crippen LogP contribution < -0.4 is 5.32 Å². The lowest BCUT2D eigenvalue weighted by atomic mass is 10.1. The van der Waals surface area contributed by atoms with E-state index in [-0.39, 0.29) is 0 Å². The maximum Gasteiger partial charge on any atom is 0.0340 e. The molecule has 0 unspecified atom stereocenters. The molecular formula is C18H32N2. The first-order valence-electron chi connectivity index (χ1n) is 8.35. The number of nitrogens with zero attached hydrogens (tertiary/aromatic N) is 1. The zero-order valence-electron chi connectivity index (χ0n) is 13.6. The Balaban J connectivity index is 2.14. The van der Waals surface area contributed by atoms with Gasteiger partial charge in [0.25, 0.3) is 0 Å². The summed E-state index contributed by atoms with van der Waals surface area (Å²) in [6, 6.07) is 8.82. The second-order valence-electron chi connectivity index (χ2n) is 5.53. The minimum absolute atomic E-state index is 1.08. The van der Waals surface area contributed by atoms with Gasteiger partial charge in [-0.2, -0.15) is 0 Å². The predicted octanol–water partition coefficient (Wildman–Crippen LogP) is 4.56. The maximum atomic E-state index is 3.52. The van der Waals surface area contributed by atoms with Gasteiger partial charge in [-0.1, -0.05) is 32.9 Å². The van der Waals surface area contributed by atoms with Crippen LogP contribution in [0.3, 0.4) is 0 Å². The van der Waals surface area contributed by atoms with E-state index < -0.39 is 0 Å². The minimum Gasteiger partial charge on any atom is -0.385 e. The van der Waals surface area contributed by atoms with Crippen LogP contribution in [0.25, 0.3) is 0 Å². The summed E-state index contributed by atoms with van der Waals surface area (Å²) in [6.07, 6.45) is 6.19. The monoisotopic (exact) mass is 276 g/mol. The summed E-state index contributed by atoms with van der Waals surface area (Å²) in [5, 5.41) is 3.52. The first-order valence-corrected chi connectivity index (χ1v) is 8.35. The van der Waals surface area contributed by atoms with Crippen molar-refractivity contribution in [2.75, 3.05) is 31.5 Å². The van der Waals surface area contributed by atoms with E-state index in [2.05, 4.69) is 55.3 Å². The number of benzene rings is 1. The van der Waals surface area contributed by atoms with E-state index in [0.29, 0.717) is 0 Å². The van der Waals surface area contributed by atoms with E-state index in [4.69, 9.17) is 0 Å². The molecule has 0 atom stereocenters. The zero-order valence-corrected chi connectivity index (χ0v) is 13.6. The van der Waals surface area contributed by atoms with Gasteiger partial charge in [0.2, 0.25) is 0 Å². The van der Waals surface area contributed by atoms with Crippen molar-refractivity contribution < 1.29 is 0 Å². The van der Waals surface area contributed by atoms with Gasteiger partial charge in [0.1, 0.15) is 0 Å². The number of anilines is 1. The summed E-state index contributed by atoms with van der Waals surface area (Å²) in [7, 11) is 0. The van der Waals surface area contributed by atoms with E-state index in [0.717, 1.165) is 13.0 Å². The van der Waals surface area contributed by atoms with E-state index in [1.807, 2.05) is 0 Å². The Morgan fingerprint density at radius 2 is 1.50 bits per heavy atom. The average molecular weight is 276 g/mol. The molecule has 0 heterocycles. The van der Waals surface area contributed by atoms with E-state index >= 15 is 0 Å². The van der Waals surface area contributed by atoms with Crippen molar-refractivity contribution in [1.82, 2.24) is 4.90 Å². The van der Waals surface area contributed by atoms with Crippen LogP contribution >= 0.6 is 0 Å². The molecule has 0 aliphatic heterocycles. The smallest absolute Gasteiger partial charge is 0.0340 e. The first-order chi connectivity index (χ1) is 9.80. The molecule has 0 saturated carbocycles. The highest BCUT2D eigenvalue weighted by Crippen LogP contribution is 2.10. The second-order valence-corrected chi connectivity index (χ2v) is 5.53. The van der Waals surface area contributed by atoms with Crippen molar-refractivity contribution in [3.63, 3.8) is 0 Å². The Kier molecular flexibility index (Phi) is 9.14. The summed E-state index contributed by atoms with van der Waals surface area (Å²) in [5.74, 6) is 0. The molecule has 20 heavy (non-hydrogen) atoms. The Hall–Kier alpha value is -1.02. The molecule has 0 amide bonds. The van der Waals surface area contributed by atoms with Crippen LogP contribution in [-0.4, -0.2) is 31.1 Å². The van der Waals surface area contributed by atoms with Crippen molar-refractivity contribution >= 4 is 5.69 Å². The summed E-state index contributed by atoms with van der Waals surface area (Å²) in [5.41, 5.74) is 2.66. The summed E-state index contributed by atoms with van der Waals surface area (Å²) < 4.78 is 0. The molecule has 1 rings (SSSR count). The molecule has 0 aliphatic rings. The van der Waals surface area contributed by atoms with Crippen LogP contribution in [0.5, 0.6) is 0 Å². The normalized spacial score (nSPS) is 11.0. The van der Waals surface area contributed by atoms with Gasteiger partial charge in [-0.3, -0.25) is 0 Å². The molecule has 0 aromatic heterocycles. The Labute approximate surface area is 125 Å². The largest absolute Gasteiger partial charge is 0.385 e. The third kappa shape index (κ3) is 6.95. The Bertz CT molecular complexity index is 326. The highest BCUT2D eigenvalue weighted by Gasteiger charge is 2.01. The maximum absolute atomic E-state index is 3.52. The van der Waals surface area contributed by atoms with Gasteiger partial charge in [-0.05, 0) is 69.4 Å². The van der Waals surface area contributed by atoms with E-state index in [9.17, 15) is 0 Å². The Morgan fingerprint density at radius 3 is 2.05 bits per heavy atom. The number of hydrogen-bond acceptors (Lipinski definition) is 2. The Morgan fingerprint density at radius 1 is 0.850 bits per heavy atom. The second kappa shape index (κ2) is 10.7. The topological polar surface area (TPSA) is 15.3 Å². The van der Waals surface area contributed by atoms with Crippen LogP contribution in [0.1, 0.15) is 52.0 Å². The van der Waals surface area contributed by atoms with Crippen LogP contribution in [0, 0.1) is 0 Å². The number of unbranched alkanes of at least 4 members (excludes halogenated alkanes) is 1. The fourth-order valence-corrected chi connectivity index (χ4v) is 2.52. The molecule has 1 aromatic rings. The third-order valence-electron chi connectivity index (χ3n) is 3.67. The summed E-state index contributed by atoms with van der Waals surface area (Å²) in [4.78, 5) is 2.59. The lowest BCUT2D eigenvalue weighted by Crippen LogP contribution is -2.26. The molecular weight excluding hydrogens is 244 g/mol. The highest BCUT2D eigenvalue weighted by molar-refractivity contribution is 5.44. The van der Waals surface area contributed by atoms with Gasteiger partial charge in [-0.25, -0.2) is 0 Å². The molecule has 0 bridgehead atoms. The molecule has 2 heteroatoms. The van der Waals surface area contributed by atoms with Gasteiger partial charge in [-0.15, -0.1) is 0 Å². The number of aryl methyl sites for hydroxylation is 1. The number of nitrogens with one attached hydrogen (secondary N) is 1. The van der Waals surface area contributed by atoms with Crippen LogP contribution in [0.4, 0.5) is 5.69 Å². The van der Waals surface area contributed by atoms with Crippen LogP contribution in [0.15, 0.2) is 24.3 Å². The SMILES string of the molecule is CCCN(CCC)CCCCNc1ccc(CC)cc1. The fourth-order valence-electron chi connectivity index (χ4n) is 2.52. The zero-order chi connectivity index (χ0) is 14.6. The molecule has 2 nitrogen and oxygen atoms in total. The molecule has 0 spiro atoms. The van der Waals surface area contributed by atoms with Gasteiger partial charge in [0.05, 0.1) is 0 Å². The highest BCUT2D eigenvalue weighted by atomic mass is 15.1. The quantitative estimate of drug-likeness (QED) is 0.596. The van der Waals surface area contributed by atoms with Gasteiger partial charge < -0.3 is 10.2 Å². The lowest BCUT2D eigenvalue weighted by molar-refractivity contribution is 0.270. The van der Waals surface area contributed by atoms with E-state index in [1.54, 1.807) is 0 Å². The third-order valence-corrected chi connectivity index (χ3v) is 3.67. The number of hydrogen-bond donors (Lipinski definition) is 1. The van der Waals surface area contributed by atoms with Gasteiger partial charge in [0.15, 0.2) is 0 Å².